The second kappa shape index (κ2) is 9.92. The molecule has 1 aliphatic carbocycles. The maximum Gasteiger partial charge on any atom is 0.315 e. The van der Waals surface area contributed by atoms with Gasteiger partial charge < -0.3 is 16.0 Å². The van der Waals surface area contributed by atoms with Crippen molar-refractivity contribution >= 4 is 6.03 Å². The molecule has 5 nitrogen and oxygen atoms in total. The minimum atomic E-state index is -0.0886. The molecule has 1 aliphatic rings. The van der Waals surface area contributed by atoms with E-state index in [1.54, 1.807) is 12.4 Å². The number of hydrogen-bond donors (Lipinski definition) is 3. The zero-order valence-corrected chi connectivity index (χ0v) is 15.2. The van der Waals surface area contributed by atoms with Gasteiger partial charge in [-0.1, -0.05) is 36.4 Å². The number of nitrogens with one attached hydrogen (secondary N) is 3. The Bertz CT molecular complexity index is 654. The third kappa shape index (κ3) is 6.15. The van der Waals surface area contributed by atoms with Crippen LogP contribution < -0.4 is 16.0 Å². The molecular formula is C21H28N4O. The molecule has 0 radical (unpaired) electrons. The summed E-state index contributed by atoms with van der Waals surface area (Å²) in [7, 11) is 0. The number of urea groups is 1. The summed E-state index contributed by atoms with van der Waals surface area (Å²) in [6.45, 7) is 1.52. The Kier molecular flexibility index (Phi) is 7.02. The summed E-state index contributed by atoms with van der Waals surface area (Å²) in [6, 6.07) is 15.2. The Morgan fingerprint density at radius 2 is 1.69 bits per heavy atom. The monoisotopic (exact) mass is 352 g/mol. The molecule has 3 N–H and O–H groups in total. The molecule has 5 heteroatoms. The van der Waals surface area contributed by atoms with Crippen molar-refractivity contribution in [1.29, 1.82) is 0 Å². The van der Waals surface area contributed by atoms with E-state index in [9.17, 15) is 4.79 Å². The van der Waals surface area contributed by atoms with E-state index in [1.165, 1.54) is 5.56 Å². The lowest BCUT2D eigenvalue weighted by molar-refractivity contribution is 0.229. The van der Waals surface area contributed by atoms with Crippen molar-refractivity contribution in [2.45, 2.75) is 50.7 Å². The summed E-state index contributed by atoms with van der Waals surface area (Å²) in [4.78, 5) is 16.1. The topological polar surface area (TPSA) is 66.0 Å². The Morgan fingerprint density at radius 3 is 2.42 bits per heavy atom. The minimum absolute atomic E-state index is 0.0886. The standard InChI is InChI=1S/C21H28N4O/c26-21(24-16-18-7-4-13-22-15-18)25-20-10-8-19(9-11-20)23-14-12-17-5-2-1-3-6-17/h1-7,13,15,19-20,23H,8-12,14,16H2,(H2,24,25,26). The van der Waals surface area contributed by atoms with Crippen LogP contribution in [0.15, 0.2) is 54.9 Å². The van der Waals surface area contributed by atoms with Crippen molar-refractivity contribution < 1.29 is 4.79 Å². The maximum absolute atomic E-state index is 12.0. The van der Waals surface area contributed by atoms with Crippen LogP contribution in [0.25, 0.3) is 0 Å². The summed E-state index contributed by atoms with van der Waals surface area (Å²) < 4.78 is 0. The molecule has 1 heterocycles. The van der Waals surface area contributed by atoms with Gasteiger partial charge in [-0.2, -0.15) is 0 Å². The molecule has 1 aromatic carbocycles. The van der Waals surface area contributed by atoms with E-state index in [0.717, 1.165) is 44.2 Å². The number of nitrogens with zero attached hydrogens (tertiary/aromatic N) is 1. The number of carbonyl (C=O) groups is 1. The van der Waals surface area contributed by atoms with Gasteiger partial charge in [0, 0.05) is 31.0 Å². The molecule has 1 saturated carbocycles. The number of carbonyl (C=O) groups excluding carboxylic acids is 1. The van der Waals surface area contributed by atoms with Gasteiger partial charge in [-0.15, -0.1) is 0 Å². The van der Waals surface area contributed by atoms with Crippen molar-refractivity contribution in [2.75, 3.05) is 6.54 Å². The SMILES string of the molecule is O=C(NCc1cccnc1)NC1CCC(NCCc2ccccc2)CC1. The molecular weight excluding hydrogens is 324 g/mol. The molecule has 138 valence electrons. The first-order valence-corrected chi connectivity index (χ1v) is 9.50. The van der Waals surface area contributed by atoms with Crippen LogP contribution in [-0.4, -0.2) is 29.6 Å². The number of rotatable bonds is 7. The molecule has 0 atom stereocenters. The van der Waals surface area contributed by atoms with Gasteiger partial charge in [-0.05, 0) is 55.8 Å². The second-order valence-corrected chi connectivity index (χ2v) is 6.93. The number of hydrogen-bond acceptors (Lipinski definition) is 3. The first kappa shape index (κ1) is 18.4. The van der Waals surface area contributed by atoms with Crippen LogP contribution in [0.3, 0.4) is 0 Å². The van der Waals surface area contributed by atoms with E-state index in [2.05, 4.69) is 51.3 Å². The van der Waals surface area contributed by atoms with Gasteiger partial charge in [0.25, 0.3) is 0 Å². The largest absolute Gasteiger partial charge is 0.335 e. The average Bonchev–Trinajstić information content (AvgIpc) is 2.69. The molecule has 0 bridgehead atoms. The fourth-order valence-electron chi connectivity index (χ4n) is 3.43. The highest BCUT2D eigenvalue weighted by molar-refractivity contribution is 5.74. The third-order valence-corrected chi connectivity index (χ3v) is 4.93. The zero-order valence-electron chi connectivity index (χ0n) is 15.2. The van der Waals surface area contributed by atoms with E-state index in [1.807, 2.05) is 12.1 Å². The van der Waals surface area contributed by atoms with Crippen molar-refractivity contribution in [1.82, 2.24) is 20.9 Å². The first-order valence-electron chi connectivity index (χ1n) is 9.50. The molecule has 1 fully saturated rings. The molecule has 1 aromatic heterocycles. The fraction of sp³-hybridized carbons (Fsp3) is 0.429. The van der Waals surface area contributed by atoms with Crippen molar-refractivity contribution in [3.63, 3.8) is 0 Å². The van der Waals surface area contributed by atoms with Crippen LogP contribution in [0, 0.1) is 0 Å². The van der Waals surface area contributed by atoms with Crippen molar-refractivity contribution in [2.24, 2.45) is 0 Å². The molecule has 3 rings (SSSR count). The zero-order chi connectivity index (χ0) is 18.0. The van der Waals surface area contributed by atoms with Crippen LogP contribution in [-0.2, 0) is 13.0 Å². The summed E-state index contributed by atoms with van der Waals surface area (Å²) >= 11 is 0. The van der Waals surface area contributed by atoms with Gasteiger partial charge in [0.05, 0.1) is 0 Å². The van der Waals surface area contributed by atoms with Crippen LogP contribution in [0.5, 0.6) is 0 Å². The summed E-state index contributed by atoms with van der Waals surface area (Å²) in [6.07, 6.45) is 8.86. The quantitative estimate of drug-likeness (QED) is 0.718. The average molecular weight is 352 g/mol. The van der Waals surface area contributed by atoms with Crippen LogP contribution >= 0.6 is 0 Å². The normalized spacial score (nSPS) is 19.7. The van der Waals surface area contributed by atoms with Gasteiger partial charge >= 0.3 is 6.03 Å². The summed E-state index contributed by atoms with van der Waals surface area (Å²) in [5.41, 5.74) is 2.38. The Labute approximate surface area is 155 Å². The second-order valence-electron chi connectivity index (χ2n) is 6.93. The molecule has 0 spiro atoms. The number of amides is 2. The highest BCUT2D eigenvalue weighted by Crippen LogP contribution is 2.18. The van der Waals surface area contributed by atoms with E-state index >= 15 is 0 Å². The Balaban J connectivity index is 1.29. The van der Waals surface area contributed by atoms with E-state index in [4.69, 9.17) is 0 Å². The minimum Gasteiger partial charge on any atom is -0.335 e. The van der Waals surface area contributed by atoms with Gasteiger partial charge in [0.15, 0.2) is 0 Å². The predicted molar refractivity (Wildman–Crippen MR) is 104 cm³/mol. The van der Waals surface area contributed by atoms with Crippen molar-refractivity contribution in [3.8, 4) is 0 Å². The van der Waals surface area contributed by atoms with Gasteiger partial charge in [-0.25, -0.2) is 4.79 Å². The van der Waals surface area contributed by atoms with Crippen LogP contribution in [0.4, 0.5) is 4.79 Å². The lowest BCUT2D eigenvalue weighted by Crippen LogP contribution is -2.46. The Morgan fingerprint density at radius 1 is 0.962 bits per heavy atom. The first-order chi connectivity index (χ1) is 12.8. The van der Waals surface area contributed by atoms with Crippen molar-refractivity contribution in [3.05, 3.63) is 66.0 Å². The maximum atomic E-state index is 12.0. The molecule has 2 aromatic rings. The summed E-state index contributed by atoms with van der Waals surface area (Å²) in [5, 5.41) is 9.65. The summed E-state index contributed by atoms with van der Waals surface area (Å²) in [5.74, 6) is 0. The van der Waals surface area contributed by atoms with E-state index in [0.29, 0.717) is 12.6 Å². The molecule has 26 heavy (non-hydrogen) atoms. The molecule has 2 amide bonds. The van der Waals surface area contributed by atoms with Crippen LogP contribution in [0.2, 0.25) is 0 Å². The highest BCUT2D eigenvalue weighted by Gasteiger charge is 2.21. The lowest BCUT2D eigenvalue weighted by atomic mass is 9.91. The molecule has 0 aliphatic heterocycles. The number of pyridine rings is 1. The molecule has 0 unspecified atom stereocenters. The van der Waals surface area contributed by atoms with Gasteiger partial charge in [0.2, 0.25) is 0 Å². The van der Waals surface area contributed by atoms with Gasteiger partial charge in [0.1, 0.15) is 0 Å². The lowest BCUT2D eigenvalue weighted by Gasteiger charge is -2.29. The van der Waals surface area contributed by atoms with Gasteiger partial charge in [-0.3, -0.25) is 4.98 Å². The fourth-order valence-corrected chi connectivity index (χ4v) is 3.43. The third-order valence-electron chi connectivity index (χ3n) is 4.93. The van der Waals surface area contributed by atoms with Crippen LogP contribution in [0.1, 0.15) is 36.8 Å². The predicted octanol–water partition coefficient (Wildman–Crippen LogP) is 3.02. The van der Waals surface area contributed by atoms with E-state index in [-0.39, 0.29) is 12.1 Å². The highest BCUT2D eigenvalue weighted by atomic mass is 16.2. The smallest absolute Gasteiger partial charge is 0.315 e. The Hall–Kier alpha value is -2.40. The van der Waals surface area contributed by atoms with E-state index < -0.39 is 0 Å². The molecule has 0 saturated heterocycles. The number of aromatic nitrogens is 1. The number of benzene rings is 1.